The van der Waals surface area contributed by atoms with E-state index in [1.54, 1.807) is 0 Å². The molecule has 2 aliphatic rings. The number of hydrogen-bond donors (Lipinski definition) is 1. The Hall–Kier alpha value is -0.710. The van der Waals surface area contributed by atoms with Crippen molar-refractivity contribution >= 4 is 5.91 Å². The fraction of sp³-hybridized carbons (Fsp3) is 0.900. The van der Waals surface area contributed by atoms with E-state index in [4.69, 9.17) is 0 Å². The number of alkyl halides is 2. The van der Waals surface area contributed by atoms with Gasteiger partial charge in [0.15, 0.2) is 0 Å². The molecule has 5 heteroatoms. The zero-order chi connectivity index (χ0) is 10.9. The summed E-state index contributed by atoms with van der Waals surface area (Å²) in [6.07, 6.45) is 1.88. The summed E-state index contributed by atoms with van der Waals surface area (Å²) in [5.74, 6) is -2.61. The summed E-state index contributed by atoms with van der Waals surface area (Å²) < 4.78 is 25.6. The standard InChI is InChI=1S/C10H16F2N2O/c11-10(12)3-5-14(6-4-10)9(15)7-13-8-1-2-8/h8,13H,1-7H2. The molecule has 0 spiro atoms. The molecular formula is C10H16F2N2O. The number of amides is 1. The topological polar surface area (TPSA) is 32.3 Å². The molecule has 0 radical (unpaired) electrons. The van der Waals surface area contributed by atoms with Gasteiger partial charge in [0, 0.05) is 32.0 Å². The predicted molar refractivity (Wildman–Crippen MR) is 51.8 cm³/mol. The lowest BCUT2D eigenvalue weighted by atomic mass is 10.1. The van der Waals surface area contributed by atoms with Crippen LogP contribution in [0.5, 0.6) is 0 Å². The Morgan fingerprint density at radius 1 is 1.33 bits per heavy atom. The highest BCUT2D eigenvalue weighted by Crippen LogP contribution is 2.27. The average Bonchev–Trinajstić information content (AvgIpc) is 2.97. The van der Waals surface area contributed by atoms with Gasteiger partial charge < -0.3 is 10.2 Å². The number of rotatable bonds is 3. The molecule has 86 valence electrons. The van der Waals surface area contributed by atoms with Crippen molar-refractivity contribution in [2.24, 2.45) is 0 Å². The van der Waals surface area contributed by atoms with Gasteiger partial charge in [-0.05, 0) is 12.8 Å². The molecule has 1 aliphatic carbocycles. The number of piperidine rings is 1. The summed E-state index contributed by atoms with van der Waals surface area (Å²) in [5.41, 5.74) is 0. The number of carbonyl (C=O) groups is 1. The molecular weight excluding hydrogens is 202 g/mol. The molecule has 0 aromatic heterocycles. The minimum Gasteiger partial charge on any atom is -0.341 e. The van der Waals surface area contributed by atoms with Crippen LogP contribution in [0.25, 0.3) is 0 Å². The first-order chi connectivity index (χ1) is 7.07. The first-order valence-electron chi connectivity index (χ1n) is 5.46. The summed E-state index contributed by atoms with van der Waals surface area (Å²) in [5, 5.41) is 3.10. The van der Waals surface area contributed by atoms with Crippen LogP contribution in [0.4, 0.5) is 8.78 Å². The van der Waals surface area contributed by atoms with Crippen LogP contribution in [-0.4, -0.2) is 42.4 Å². The number of carbonyl (C=O) groups excluding carboxylic acids is 1. The predicted octanol–water partition coefficient (Wildman–Crippen LogP) is 0.996. The largest absolute Gasteiger partial charge is 0.341 e. The maximum atomic E-state index is 12.8. The molecule has 3 nitrogen and oxygen atoms in total. The van der Waals surface area contributed by atoms with Gasteiger partial charge in [0.1, 0.15) is 0 Å². The highest BCUT2D eigenvalue weighted by Gasteiger charge is 2.35. The Morgan fingerprint density at radius 2 is 1.93 bits per heavy atom. The van der Waals surface area contributed by atoms with Crippen molar-refractivity contribution in [3.8, 4) is 0 Å². The zero-order valence-electron chi connectivity index (χ0n) is 8.64. The van der Waals surface area contributed by atoms with E-state index in [2.05, 4.69) is 5.32 Å². The summed E-state index contributed by atoms with van der Waals surface area (Å²) in [7, 11) is 0. The molecule has 0 aromatic rings. The van der Waals surface area contributed by atoms with Crippen molar-refractivity contribution < 1.29 is 13.6 Å². The van der Waals surface area contributed by atoms with E-state index in [1.165, 1.54) is 4.90 Å². The third kappa shape index (κ3) is 3.12. The van der Waals surface area contributed by atoms with Crippen molar-refractivity contribution in [3.05, 3.63) is 0 Å². The second-order valence-corrected chi connectivity index (χ2v) is 4.39. The SMILES string of the molecule is O=C(CNC1CC1)N1CCC(F)(F)CC1. The number of nitrogens with one attached hydrogen (secondary N) is 1. The lowest BCUT2D eigenvalue weighted by Gasteiger charge is -2.31. The normalized spacial score (nSPS) is 25.3. The van der Waals surface area contributed by atoms with Gasteiger partial charge >= 0.3 is 0 Å². The van der Waals surface area contributed by atoms with E-state index in [0.717, 1.165) is 12.8 Å². The Morgan fingerprint density at radius 3 is 2.47 bits per heavy atom. The molecule has 2 fully saturated rings. The summed E-state index contributed by atoms with van der Waals surface area (Å²) in [6.45, 7) is 0.687. The maximum Gasteiger partial charge on any atom is 0.251 e. The van der Waals surface area contributed by atoms with Crippen molar-refractivity contribution in [2.75, 3.05) is 19.6 Å². The monoisotopic (exact) mass is 218 g/mol. The van der Waals surface area contributed by atoms with Crippen LogP contribution in [0, 0.1) is 0 Å². The zero-order valence-corrected chi connectivity index (χ0v) is 8.64. The van der Waals surface area contributed by atoms with Crippen molar-refractivity contribution in [1.29, 1.82) is 0 Å². The van der Waals surface area contributed by atoms with Gasteiger partial charge in [-0.3, -0.25) is 4.79 Å². The van der Waals surface area contributed by atoms with Crippen molar-refractivity contribution in [3.63, 3.8) is 0 Å². The fourth-order valence-electron chi connectivity index (χ4n) is 1.71. The van der Waals surface area contributed by atoms with E-state index in [0.29, 0.717) is 12.6 Å². The minimum atomic E-state index is -2.57. The van der Waals surface area contributed by atoms with Gasteiger partial charge in [0.2, 0.25) is 5.91 Å². The molecule has 1 saturated carbocycles. The van der Waals surface area contributed by atoms with Gasteiger partial charge in [0.05, 0.1) is 6.54 Å². The van der Waals surface area contributed by atoms with E-state index in [9.17, 15) is 13.6 Å². The molecule has 1 aliphatic heterocycles. The van der Waals surface area contributed by atoms with Gasteiger partial charge in [-0.15, -0.1) is 0 Å². The minimum absolute atomic E-state index is 0.0441. The lowest BCUT2D eigenvalue weighted by molar-refractivity contribution is -0.136. The van der Waals surface area contributed by atoms with Gasteiger partial charge in [-0.25, -0.2) is 8.78 Å². The molecule has 1 heterocycles. The number of likely N-dealkylation sites (tertiary alicyclic amines) is 1. The first kappa shape index (κ1) is 10.8. The average molecular weight is 218 g/mol. The van der Waals surface area contributed by atoms with Gasteiger partial charge in [-0.2, -0.15) is 0 Å². The Kier molecular flexibility index (Phi) is 2.91. The van der Waals surface area contributed by atoms with Crippen LogP contribution in [0.15, 0.2) is 0 Å². The number of hydrogen-bond acceptors (Lipinski definition) is 2. The van der Waals surface area contributed by atoms with E-state index in [1.807, 2.05) is 0 Å². The first-order valence-corrected chi connectivity index (χ1v) is 5.46. The quantitative estimate of drug-likeness (QED) is 0.766. The van der Waals surface area contributed by atoms with Crippen molar-refractivity contribution in [1.82, 2.24) is 10.2 Å². The highest BCUT2D eigenvalue weighted by atomic mass is 19.3. The van der Waals surface area contributed by atoms with Crippen LogP contribution >= 0.6 is 0 Å². The Bertz CT molecular complexity index is 244. The molecule has 0 unspecified atom stereocenters. The van der Waals surface area contributed by atoms with Crippen LogP contribution in [0.3, 0.4) is 0 Å². The summed E-state index contributed by atoms with van der Waals surface area (Å²) >= 11 is 0. The maximum absolute atomic E-state index is 12.8. The van der Waals surface area contributed by atoms with E-state index >= 15 is 0 Å². The van der Waals surface area contributed by atoms with Crippen LogP contribution in [0.1, 0.15) is 25.7 Å². The van der Waals surface area contributed by atoms with E-state index < -0.39 is 5.92 Å². The van der Waals surface area contributed by atoms with Gasteiger partial charge in [0.25, 0.3) is 5.92 Å². The molecule has 1 amide bonds. The van der Waals surface area contributed by atoms with Crippen LogP contribution < -0.4 is 5.32 Å². The second-order valence-electron chi connectivity index (χ2n) is 4.39. The third-order valence-corrected chi connectivity index (χ3v) is 2.97. The van der Waals surface area contributed by atoms with E-state index in [-0.39, 0.29) is 31.8 Å². The van der Waals surface area contributed by atoms with Gasteiger partial charge in [-0.1, -0.05) is 0 Å². The molecule has 15 heavy (non-hydrogen) atoms. The van der Waals surface area contributed by atoms with Crippen molar-refractivity contribution in [2.45, 2.75) is 37.6 Å². The third-order valence-electron chi connectivity index (χ3n) is 2.97. The molecule has 0 bridgehead atoms. The highest BCUT2D eigenvalue weighted by molar-refractivity contribution is 5.78. The van der Waals surface area contributed by atoms with Crippen LogP contribution in [-0.2, 0) is 4.79 Å². The Labute approximate surface area is 87.8 Å². The molecule has 0 atom stereocenters. The molecule has 1 saturated heterocycles. The Balaban J connectivity index is 1.71. The van der Waals surface area contributed by atoms with Crippen LogP contribution in [0.2, 0.25) is 0 Å². The fourth-order valence-corrected chi connectivity index (χ4v) is 1.71. The molecule has 0 aromatic carbocycles. The lowest BCUT2D eigenvalue weighted by Crippen LogP contribution is -2.46. The smallest absolute Gasteiger partial charge is 0.251 e. The molecule has 1 N–H and O–H groups in total. The second kappa shape index (κ2) is 4.04. The molecule has 2 rings (SSSR count). The summed E-state index contributed by atoms with van der Waals surface area (Å²) in [6, 6.07) is 0.486. The summed E-state index contributed by atoms with van der Waals surface area (Å²) in [4.78, 5) is 13.1. The number of halogens is 2. The number of nitrogens with zero attached hydrogens (tertiary/aromatic N) is 1.